The van der Waals surface area contributed by atoms with Gasteiger partial charge in [0.25, 0.3) is 0 Å². The molecule has 7 nitrogen and oxygen atoms in total. The van der Waals surface area contributed by atoms with E-state index in [1.54, 1.807) is 0 Å². The Morgan fingerprint density at radius 3 is 2.15 bits per heavy atom. The molecule has 1 unspecified atom stereocenters. The van der Waals surface area contributed by atoms with Crippen molar-refractivity contribution in [2.24, 2.45) is 68.3 Å². The Balaban J connectivity index is 1.34. The van der Waals surface area contributed by atoms with Gasteiger partial charge in [0.1, 0.15) is 5.92 Å². The number of allylic oxidation sites excluding steroid dienone is 1. The van der Waals surface area contributed by atoms with Crippen LogP contribution in [0.3, 0.4) is 0 Å². The Labute approximate surface area is 332 Å². The zero-order chi connectivity index (χ0) is 40.0. The van der Waals surface area contributed by atoms with Crippen LogP contribution in [-0.4, -0.2) is 52.1 Å². The van der Waals surface area contributed by atoms with Crippen molar-refractivity contribution in [3.05, 3.63) is 48.0 Å². The largest absolute Gasteiger partial charge is 0.481 e. The van der Waals surface area contributed by atoms with E-state index >= 15 is 4.79 Å². The van der Waals surface area contributed by atoms with Gasteiger partial charge in [0, 0.05) is 6.54 Å². The van der Waals surface area contributed by atoms with Crippen molar-refractivity contribution >= 4 is 17.8 Å². The molecule has 6 rings (SSSR count). The van der Waals surface area contributed by atoms with Gasteiger partial charge in [-0.15, -0.1) is 0 Å². The molecule has 5 fully saturated rings. The second-order valence-corrected chi connectivity index (χ2v) is 20.5. The Kier molecular flexibility index (Phi) is 12.3. The molecule has 306 valence electrons. The number of carboxylic acid groups (broad SMARTS) is 1. The Morgan fingerprint density at radius 2 is 1.49 bits per heavy atom. The molecule has 5 aliphatic carbocycles. The number of hydrogen-bond donors (Lipinski definition) is 3. The third-order valence-electron chi connectivity index (χ3n) is 17.7. The van der Waals surface area contributed by atoms with Gasteiger partial charge in [0.15, 0.2) is 0 Å². The number of unbranched alkanes of at least 4 members (excludes halogenated alkanes) is 5. The highest BCUT2D eigenvalue weighted by Crippen LogP contribution is 2.77. The number of benzene rings is 1. The summed E-state index contributed by atoms with van der Waals surface area (Å²) in [5.41, 5.74) is 7.10. The fourth-order valence-corrected chi connectivity index (χ4v) is 14.5. The van der Waals surface area contributed by atoms with E-state index in [2.05, 4.69) is 48.1 Å². The first-order valence-electron chi connectivity index (χ1n) is 22.2. The number of aliphatic hydroxyl groups is 1. The second kappa shape index (κ2) is 16.0. The van der Waals surface area contributed by atoms with Gasteiger partial charge >= 0.3 is 5.97 Å². The zero-order valence-corrected chi connectivity index (χ0v) is 35.2. The highest BCUT2D eigenvalue weighted by atomic mass is 16.4. The average Bonchev–Trinajstić information content (AvgIpc) is 3.55. The minimum absolute atomic E-state index is 0.0197. The summed E-state index contributed by atoms with van der Waals surface area (Å²) in [4.78, 5) is 44.6. The lowest BCUT2D eigenvalue weighted by Gasteiger charge is -2.72. The zero-order valence-electron chi connectivity index (χ0n) is 35.2. The van der Waals surface area contributed by atoms with E-state index in [-0.39, 0.29) is 58.5 Å². The second-order valence-electron chi connectivity index (χ2n) is 20.5. The third kappa shape index (κ3) is 7.08. The number of hydrogen-bond acceptors (Lipinski definition) is 5. The Morgan fingerprint density at radius 1 is 0.818 bits per heavy atom. The molecule has 1 aromatic rings. The van der Waals surface area contributed by atoms with Gasteiger partial charge in [-0.1, -0.05) is 103 Å². The summed E-state index contributed by atoms with van der Waals surface area (Å²) < 4.78 is 0. The van der Waals surface area contributed by atoms with E-state index in [1.165, 1.54) is 4.90 Å². The van der Waals surface area contributed by atoms with Crippen molar-refractivity contribution in [1.82, 2.24) is 4.90 Å². The normalized spacial score (nSPS) is 38.1. The maximum Gasteiger partial charge on any atom is 0.316 e. The average molecular weight is 759 g/mol. The van der Waals surface area contributed by atoms with Gasteiger partial charge < -0.3 is 15.9 Å². The smallest absolute Gasteiger partial charge is 0.316 e. The van der Waals surface area contributed by atoms with Crippen molar-refractivity contribution < 1.29 is 24.6 Å². The van der Waals surface area contributed by atoms with E-state index in [1.807, 2.05) is 30.3 Å². The number of nitrogens with zero attached hydrogens (tertiary/aromatic N) is 1. The minimum atomic E-state index is -1.32. The minimum Gasteiger partial charge on any atom is -0.481 e. The molecule has 0 heterocycles. The van der Waals surface area contributed by atoms with Crippen LogP contribution in [0.25, 0.3) is 0 Å². The molecule has 0 bridgehead atoms. The number of imide groups is 1. The molecule has 7 heteroatoms. The van der Waals surface area contributed by atoms with Crippen molar-refractivity contribution in [2.45, 2.75) is 157 Å². The molecule has 5 aliphatic rings. The number of rotatable bonds is 14. The van der Waals surface area contributed by atoms with Crippen molar-refractivity contribution in [3.8, 4) is 0 Å². The Bertz CT molecular complexity index is 1570. The van der Waals surface area contributed by atoms with E-state index in [9.17, 15) is 19.8 Å². The first-order chi connectivity index (χ1) is 26.0. The first-order valence-corrected chi connectivity index (χ1v) is 22.2. The van der Waals surface area contributed by atoms with E-state index in [0.29, 0.717) is 30.7 Å². The van der Waals surface area contributed by atoms with Gasteiger partial charge in [-0.3, -0.25) is 19.3 Å². The highest BCUT2D eigenvalue weighted by Gasteiger charge is 2.72. The molecule has 2 amide bonds. The van der Waals surface area contributed by atoms with Crippen LogP contribution in [0.15, 0.2) is 42.5 Å². The molecule has 55 heavy (non-hydrogen) atoms. The topological polar surface area (TPSA) is 121 Å². The molecule has 0 spiro atoms. The lowest BCUT2D eigenvalue weighted by Crippen LogP contribution is -2.67. The number of fused-ring (bicyclic) bond motifs is 7. The first kappa shape index (κ1) is 42.1. The molecule has 11 atom stereocenters. The maximum atomic E-state index is 15.6. The third-order valence-corrected chi connectivity index (χ3v) is 17.7. The number of carbonyl (C=O) groups is 3. The number of nitrogens with two attached hydrogens (primary N) is 1. The summed E-state index contributed by atoms with van der Waals surface area (Å²) in [6.07, 6.45) is 15.2. The van der Waals surface area contributed by atoms with Crippen LogP contribution in [0, 0.1) is 62.6 Å². The van der Waals surface area contributed by atoms with Crippen LogP contribution in [0.5, 0.6) is 0 Å². The summed E-state index contributed by atoms with van der Waals surface area (Å²) in [6, 6.07) is 9.35. The van der Waals surface area contributed by atoms with E-state index in [4.69, 9.17) is 5.73 Å². The molecule has 0 aromatic heterocycles. The van der Waals surface area contributed by atoms with Gasteiger partial charge in [-0.25, -0.2) is 0 Å². The summed E-state index contributed by atoms with van der Waals surface area (Å²) >= 11 is 0. The summed E-state index contributed by atoms with van der Waals surface area (Å²) in [5.74, 6) is -1.51. The number of carboxylic acids is 1. The molecule has 1 aromatic carbocycles. The number of carbonyl (C=O) groups excluding carboxylic acids is 2. The molecule has 0 radical (unpaired) electrons. The van der Waals surface area contributed by atoms with Crippen molar-refractivity contribution in [3.63, 3.8) is 0 Å². The van der Waals surface area contributed by atoms with Crippen LogP contribution in [0.4, 0.5) is 0 Å². The summed E-state index contributed by atoms with van der Waals surface area (Å²) in [7, 11) is 0. The van der Waals surface area contributed by atoms with Crippen molar-refractivity contribution in [2.75, 3.05) is 13.1 Å². The van der Waals surface area contributed by atoms with Gasteiger partial charge in [-0.05, 0) is 154 Å². The lowest BCUT2D eigenvalue weighted by atomic mass is 9.32. The van der Waals surface area contributed by atoms with Crippen LogP contribution in [0.2, 0.25) is 0 Å². The predicted octanol–water partition coefficient (Wildman–Crippen LogP) is 9.60. The fourth-order valence-electron chi connectivity index (χ4n) is 14.5. The molecular formula is C48H74N2O5. The molecule has 0 saturated heterocycles. The number of aliphatic carboxylic acids is 1. The molecule has 4 N–H and O–H groups in total. The quantitative estimate of drug-likeness (QED) is 0.0988. The van der Waals surface area contributed by atoms with Crippen molar-refractivity contribution in [1.29, 1.82) is 0 Å². The monoisotopic (exact) mass is 759 g/mol. The Hall–Kier alpha value is -2.51. The van der Waals surface area contributed by atoms with Crippen LogP contribution >= 0.6 is 0 Å². The van der Waals surface area contributed by atoms with Crippen LogP contribution < -0.4 is 5.73 Å². The SMILES string of the molecule is C=C(C)[C@@H]1CC[C@]2(C(=O)N(CCCCCCCCN)C(=O)[C@H](Cc3ccccc3)C(=O)O)CC[C@]3(C)[C@H](CCC4[C@@]5(C)CC[C@H](O)C(C)(C)[C@@H]5CC[C@]43C)[C@@H]12. The highest BCUT2D eigenvalue weighted by molar-refractivity contribution is 6.06. The summed E-state index contributed by atoms with van der Waals surface area (Å²) in [6.45, 7) is 19.9. The van der Waals surface area contributed by atoms with Crippen LogP contribution in [0.1, 0.15) is 150 Å². The molecule has 5 saturated carbocycles. The lowest BCUT2D eigenvalue weighted by molar-refractivity contribution is -0.247. The standard InChI is InChI=1S/C48H74N2O5/c1-32(2)34-21-26-48(43(55)50(30-16-11-9-8-10-15-29-49)41(52)35(42(53)54)31-33-17-13-12-14-18-33)28-27-46(6)36(40(34)48)19-20-38-45(5)24-23-39(51)44(3,4)37(45)22-25-47(38,46)7/h12-14,17-18,34-40,51H,1,8-11,15-16,19-31,49H2,2-7H3,(H,53,54)/t34-,35-,36+,37-,38?,39-,40+,45-,46+,47+,48-/m0/s1. The molecular weight excluding hydrogens is 685 g/mol. The van der Waals surface area contributed by atoms with Gasteiger partial charge in [0.2, 0.25) is 11.8 Å². The molecule has 0 aliphatic heterocycles. The summed E-state index contributed by atoms with van der Waals surface area (Å²) in [5, 5.41) is 21.7. The van der Waals surface area contributed by atoms with Crippen LogP contribution in [-0.2, 0) is 20.8 Å². The van der Waals surface area contributed by atoms with E-state index < -0.39 is 23.2 Å². The number of amides is 2. The van der Waals surface area contributed by atoms with E-state index in [0.717, 1.165) is 107 Å². The number of aliphatic hydroxyl groups excluding tert-OH is 1. The van der Waals surface area contributed by atoms with Gasteiger partial charge in [-0.2, -0.15) is 0 Å². The fraction of sp³-hybridized carbons (Fsp3) is 0.771. The maximum absolute atomic E-state index is 15.6. The predicted molar refractivity (Wildman–Crippen MR) is 220 cm³/mol. The van der Waals surface area contributed by atoms with Gasteiger partial charge in [0.05, 0.1) is 11.5 Å².